The Kier molecular flexibility index (Phi) is 14.0. The van der Waals surface area contributed by atoms with Gasteiger partial charge in [-0.15, -0.1) is 0 Å². The molecule has 1 atom stereocenters. The predicted octanol–water partition coefficient (Wildman–Crippen LogP) is -1.16. The Labute approximate surface area is 137 Å². The molecule has 0 amide bonds. The molecule has 0 aromatic carbocycles. The third kappa shape index (κ3) is 15.6. The van der Waals surface area contributed by atoms with Crippen molar-refractivity contribution in [3.8, 4) is 0 Å². The van der Waals surface area contributed by atoms with Crippen LogP contribution in [0.25, 0.3) is 0 Å². The van der Waals surface area contributed by atoms with Crippen molar-refractivity contribution in [3.63, 3.8) is 0 Å². The summed E-state index contributed by atoms with van der Waals surface area (Å²) < 4.78 is 4.95. The Morgan fingerprint density at radius 1 is 1.21 bits per heavy atom. The second-order valence-electron chi connectivity index (χ2n) is 4.85. The minimum absolute atomic E-state index is 0. The predicted molar refractivity (Wildman–Crippen MR) is 67.6 cm³/mol. The summed E-state index contributed by atoms with van der Waals surface area (Å²) in [6.07, 6.45) is 4.75. The third-order valence-electron chi connectivity index (χ3n) is 2.62. The van der Waals surface area contributed by atoms with Crippen LogP contribution in [0.15, 0.2) is 11.6 Å². The van der Waals surface area contributed by atoms with Gasteiger partial charge in [-0.25, -0.2) is 0 Å². The normalized spacial score (nSPS) is 11.1. The van der Waals surface area contributed by atoms with Crippen LogP contribution in [0.5, 0.6) is 0 Å². The van der Waals surface area contributed by atoms with Gasteiger partial charge in [0.05, 0.1) is 13.0 Å². The number of hydrogen-bond donors (Lipinski definition) is 0. The summed E-state index contributed by atoms with van der Waals surface area (Å²) in [4.78, 5) is 21.2. The summed E-state index contributed by atoms with van der Waals surface area (Å²) in [7, 11) is 0. The van der Waals surface area contributed by atoms with Crippen molar-refractivity contribution in [3.05, 3.63) is 11.6 Å². The van der Waals surface area contributed by atoms with Crippen molar-refractivity contribution >= 4 is 11.9 Å². The van der Waals surface area contributed by atoms with Crippen LogP contribution in [0.1, 0.15) is 52.9 Å². The monoisotopic (exact) mass is 278 g/mol. The van der Waals surface area contributed by atoms with Gasteiger partial charge in [0.1, 0.15) is 0 Å². The van der Waals surface area contributed by atoms with Gasteiger partial charge in [0, 0.05) is 5.97 Å². The second-order valence-corrected chi connectivity index (χ2v) is 4.85. The molecule has 0 bridgehead atoms. The van der Waals surface area contributed by atoms with E-state index in [4.69, 9.17) is 4.74 Å². The van der Waals surface area contributed by atoms with Crippen LogP contribution >= 0.6 is 0 Å². The maximum absolute atomic E-state index is 11.1. The number of esters is 1. The first-order valence-corrected chi connectivity index (χ1v) is 6.40. The van der Waals surface area contributed by atoms with Crippen LogP contribution in [-0.2, 0) is 14.3 Å². The molecule has 0 spiro atoms. The van der Waals surface area contributed by atoms with E-state index in [0.717, 1.165) is 19.3 Å². The first-order chi connectivity index (χ1) is 8.41. The van der Waals surface area contributed by atoms with Crippen molar-refractivity contribution in [2.45, 2.75) is 52.9 Å². The zero-order valence-corrected chi connectivity index (χ0v) is 14.5. The fraction of sp³-hybridized carbons (Fsp3) is 0.714. The Balaban J connectivity index is 0. The molecule has 0 aliphatic carbocycles. The number of carboxylic acid groups (broad SMARTS) is 1. The van der Waals surface area contributed by atoms with E-state index < -0.39 is 11.9 Å². The van der Waals surface area contributed by atoms with E-state index in [-0.39, 0.29) is 42.4 Å². The molecule has 1 unspecified atom stereocenters. The number of hydrogen-bond acceptors (Lipinski definition) is 4. The zero-order valence-electron chi connectivity index (χ0n) is 12.5. The molecule has 4 nitrogen and oxygen atoms in total. The summed E-state index contributed by atoms with van der Waals surface area (Å²) in [6.45, 7) is 6.63. The van der Waals surface area contributed by atoms with E-state index in [9.17, 15) is 14.7 Å². The first-order valence-electron chi connectivity index (χ1n) is 6.40. The van der Waals surface area contributed by atoms with Crippen LogP contribution in [0.4, 0.5) is 0 Å². The van der Waals surface area contributed by atoms with Gasteiger partial charge in [0.2, 0.25) is 0 Å². The SMILES string of the molecule is CC(C)=CCCC(C)CCOC(=O)CCC(=O)[O-].[Na+]. The molecule has 0 aliphatic heterocycles. The maximum atomic E-state index is 11.1. The minimum Gasteiger partial charge on any atom is -0.550 e. The van der Waals surface area contributed by atoms with Gasteiger partial charge in [0.25, 0.3) is 0 Å². The van der Waals surface area contributed by atoms with E-state index in [1.807, 2.05) is 0 Å². The van der Waals surface area contributed by atoms with Gasteiger partial charge in [-0.3, -0.25) is 4.79 Å². The van der Waals surface area contributed by atoms with Gasteiger partial charge in [-0.1, -0.05) is 18.6 Å². The van der Waals surface area contributed by atoms with E-state index in [1.54, 1.807) is 0 Å². The van der Waals surface area contributed by atoms with Gasteiger partial charge in [-0.2, -0.15) is 0 Å². The molecule has 0 radical (unpaired) electrons. The van der Waals surface area contributed by atoms with Gasteiger partial charge >= 0.3 is 35.5 Å². The molecule has 0 aliphatic rings. The molecule has 0 aromatic heterocycles. The molecule has 0 heterocycles. The molecule has 0 saturated heterocycles. The summed E-state index contributed by atoms with van der Waals surface area (Å²) in [5.74, 6) is -1.19. The number of aliphatic carboxylic acids is 1. The Hall–Kier alpha value is -0.320. The zero-order chi connectivity index (χ0) is 14.0. The van der Waals surface area contributed by atoms with Crippen LogP contribution in [0.3, 0.4) is 0 Å². The molecular weight excluding hydrogens is 255 g/mol. The molecule has 0 N–H and O–H groups in total. The Morgan fingerprint density at radius 2 is 1.84 bits per heavy atom. The molecule has 0 saturated carbocycles. The first kappa shape index (κ1) is 21.0. The van der Waals surface area contributed by atoms with Crippen LogP contribution < -0.4 is 34.7 Å². The molecule has 0 fully saturated rings. The summed E-state index contributed by atoms with van der Waals surface area (Å²) in [6, 6.07) is 0. The molecule has 0 aromatic rings. The number of allylic oxidation sites excluding steroid dienone is 2. The van der Waals surface area contributed by atoms with Crippen molar-refractivity contribution in [1.29, 1.82) is 0 Å². The quantitative estimate of drug-likeness (QED) is 0.303. The van der Waals surface area contributed by atoms with Gasteiger partial charge in [-0.05, 0) is 45.4 Å². The standard InChI is InChI=1S/C14H24O4.Na/c1-11(2)5-4-6-12(3)9-10-18-14(17)8-7-13(15)16;/h5,12H,4,6-10H2,1-3H3,(H,15,16);/q;+1/p-1. The minimum atomic E-state index is -1.22. The number of carbonyl (C=O) groups is 2. The van der Waals surface area contributed by atoms with Crippen LogP contribution in [-0.4, -0.2) is 18.5 Å². The maximum Gasteiger partial charge on any atom is 1.00 e. The van der Waals surface area contributed by atoms with Gasteiger partial charge in [0.15, 0.2) is 0 Å². The summed E-state index contributed by atoms with van der Waals surface area (Å²) >= 11 is 0. The Bertz CT molecular complexity index is 296. The van der Waals surface area contributed by atoms with E-state index in [2.05, 4.69) is 26.8 Å². The topological polar surface area (TPSA) is 66.4 Å². The number of carbonyl (C=O) groups excluding carboxylic acids is 2. The van der Waals surface area contributed by atoms with Crippen molar-refractivity contribution < 1.29 is 49.0 Å². The van der Waals surface area contributed by atoms with E-state index >= 15 is 0 Å². The molecule has 0 rings (SSSR count). The third-order valence-corrected chi connectivity index (χ3v) is 2.62. The largest absolute Gasteiger partial charge is 1.00 e. The molecule has 5 heteroatoms. The number of ether oxygens (including phenoxy) is 1. The average molecular weight is 278 g/mol. The summed E-state index contributed by atoms with van der Waals surface area (Å²) in [5, 5.41) is 10.1. The molecular formula is C14H23NaO4. The average Bonchev–Trinajstić information content (AvgIpc) is 2.25. The fourth-order valence-electron chi connectivity index (χ4n) is 1.45. The van der Waals surface area contributed by atoms with Crippen molar-refractivity contribution in [1.82, 2.24) is 0 Å². The van der Waals surface area contributed by atoms with Crippen molar-refractivity contribution in [2.75, 3.05) is 6.61 Å². The molecule has 19 heavy (non-hydrogen) atoms. The second kappa shape index (κ2) is 12.7. The van der Waals surface area contributed by atoms with Gasteiger partial charge < -0.3 is 14.6 Å². The molecule has 104 valence electrons. The number of carboxylic acids is 1. The Morgan fingerprint density at radius 3 is 2.37 bits per heavy atom. The number of rotatable bonds is 9. The van der Waals surface area contributed by atoms with Crippen LogP contribution in [0, 0.1) is 5.92 Å². The van der Waals surface area contributed by atoms with Crippen molar-refractivity contribution in [2.24, 2.45) is 5.92 Å². The van der Waals surface area contributed by atoms with E-state index in [1.165, 1.54) is 5.57 Å². The van der Waals surface area contributed by atoms with Crippen LogP contribution in [0.2, 0.25) is 0 Å². The smallest absolute Gasteiger partial charge is 0.550 e. The fourth-order valence-corrected chi connectivity index (χ4v) is 1.45. The summed E-state index contributed by atoms with van der Waals surface area (Å²) in [5.41, 5.74) is 1.32. The van der Waals surface area contributed by atoms with E-state index in [0.29, 0.717) is 12.5 Å².